The highest BCUT2D eigenvalue weighted by Crippen LogP contribution is 2.39. The first-order valence-electron chi connectivity index (χ1n) is 14.8. The van der Waals surface area contributed by atoms with Crippen molar-refractivity contribution in [2.24, 2.45) is 0 Å². The summed E-state index contributed by atoms with van der Waals surface area (Å²) in [6.45, 7) is 6.52. The maximum absolute atomic E-state index is 13.7. The number of nitrogen functional groups attached to an aromatic ring is 1. The first-order valence-corrected chi connectivity index (χ1v) is 14.8. The number of hydrogen-bond donors (Lipinski definition) is 2. The van der Waals surface area contributed by atoms with E-state index in [-0.39, 0.29) is 5.82 Å². The first-order chi connectivity index (χ1) is 20.4. The number of benzene rings is 2. The second kappa shape index (κ2) is 10.9. The number of rotatable bonds is 5. The van der Waals surface area contributed by atoms with Crippen LogP contribution in [0.4, 0.5) is 21.8 Å². The number of nitrogens with zero attached hydrogens (tertiary/aromatic N) is 7. The molecule has 0 spiro atoms. The molecule has 2 aromatic carbocycles. The molecule has 7 rings (SSSR count). The second-order valence-corrected chi connectivity index (χ2v) is 11.7. The summed E-state index contributed by atoms with van der Waals surface area (Å²) < 4.78 is 16.0. The fourth-order valence-corrected chi connectivity index (χ4v) is 6.67. The summed E-state index contributed by atoms with van der Waals surface area (Å²) in [4.78, 5) is 23.2. The molecule has 1 aliphatic heterocycles. The van der Waals surface area contributed by atoms with Crippen LogP contribution in [0.15, 0.2) is 55.0 Å². The summed E-state index contributed by atoms with van der Waals surface area (Å²) in [6, 6.07) is 13.8. The molecule has 0 atom stereocenters. The van der Waals surface area contributed by atoms with Gasteiger partial charge < -0.3 is 20.5 Å². The summed E-state index contributed by atoms with van der Waals surface area (Å²) in [6.07, 6.45) is 8.45. The van der Waals surface area contributed by atoms with Gasteiger partial charge in [0.25, 0.3) is 0 Å². The number of nitrogens with one attached hydrogen (secondary N) is 1. The molecule has 0 bridgehead atoms. The average molecular weight is 566 g/mol. The van der Waals surface area contributed by atoms with E-state index in [2.05, 4.69) is 60.0 Å². The van der Waals surface area contributed by atoms with Crippen molar-refractivity contribution >= 4 is 39.4 Å². The standard InChI is InChI=1S/C32H36FN9/c1-20-26-17-22(33)5-12-28(26)39-32(37-20)38-23-6-3-21(4-7-23)27-18-42(31-29(27)30(34)35-19-36-31)25-10-8-24(9-11-25)41-15-13-40(2)14-16-41/h3-7,12,17-19,24-25H,8-11,13-16H2,1-2H3,(H2,34,35,36)(H,37,38,39). The van der Waals surface area contributed by atoms with Crippen LogP contribution < -0.4 is 11.1 Å². The van der Waals surface area contributed by atoms with Gasteiger partial charge in [0.2, 0.25) is 5.95 Å². The molecule has 4 heterocycles. The average Bonchev–Trinajstić information content (AvgIpc) is 3.40. The summed E-state index contributed by atoms with van der Waals surface area (Å²) in [7, 11) is 2.21. The number of likely N-dealkylation sites (N-methyl/N-ethyl adjacent to an activating group) is 1. The molecule has 216 valence electrons. The number of aryl methyl sites for hydroxylation is 1. The molecule has 1 saturated carbocycles. The topological polar surface area (TPSA) is 101 Å². The molecular formula is C32H36FN9. The molecule has 10 heteroatoms. The van der Waals surface area contributed by atoms with Gasteiger partial charge in [-0.1, -0.05) is 12.1 Å². The largest absolute Gasteiger partial charge is 0.383 e. The van der Waals surface area contributed by atoms with Gasteiger partial charge in [-0.05, 0) is 75.5 Å². The molecule has 0 amide bonds. The van der Waals surface area contributed by atoms with Crippen LogP contribution in [0.1, 0.15) is 37.4 Å². The maximum Gasteiger partial charge on any atom is 0.228 e. The quantitative estimate of drug-likeness (QED) is 0.286. The Labute approximate surface area is 244 Å². The monoisotopic (exact) mass is 565 g/mol. The molecule has 0 radical (unpaired) electrons. The summed E-state index contributed by atoms with van der Waals surface area (Å²) in [5.41, 5.74) is 11.7. The Balaban J connectivity index is 1.12. The van der Waals surface area contributed by atoms with Gasteiger partial charge in [0.1, 0.15) is 23.6 Å². The van der Waals surface area contributed by atoms with Crippen molar-refractivity contribution in [3.8, 4) is 11.1 Å². The predicted octanol–water partition coefficient (Wildman–Crippen LogP) is 5.55. The number of fused-ring (bicyclic) bond motifs is 2. The summed E-state index contributed by atoms with van der Waals surface area (Å²) in [5.74, 6) is 0.676. The third-order valence-electron chi connectivity index (χ3n) is 9.05. The Morgan fingerprint density at radius 1 is 0.905 bits per heavy atom. The van der Waals surface area contributed by atoms with Gasteiger partial charge in [-0.2, -0.15) is 0 Å². The van der Waals surface area contributed by atoms with Gasteiger partial charge in [0.05, 0.1) is 16.6 Å². The van der Waals surface area contributed by atoms with E-state index in [0.717, 1.165) is 59.5 Å². The van der Waals surface area contributed by atoms with Crippen LogP contribution in [-0.4, -0.2) is 73.6 Å². The molecule has 2 fully saturated rings. The zero-order chi connectivity index (χ0) is 28.8. The molecule has 42 heavy (non-hydrogen) atoms. The van der Waals surface area contributed by atoms with Gasteiger partial charge in [-0.25, -0.2) is 24.3 Å². The molecule has 1 saturated heterocycles. The lowest BCUT2D eigenvalue weighted by Crippen LogP contribution is -2.49. The van der Waals surface area contributed by atoms with E-state index < -0.39 is 0 Å². The molecule has 9 nitrogen and oxygen atoms in total. The lowest BCUT2D eigenvalue weighted by Gasteiger charge is -2.41. The van der Waals surface area contributed by atoms with Gasteiger partial charge in [0.15, 0.2) is 0 Å². The summed E-state index contributed by atoms with van der Waals surface area (Å²) >= 11 is 0. The highest BCUT2D eigenvalue weighted by Gasteiger charge is 2.30. The van der Waals surface area contributed by atoms with Gasteiger partial charge in [-0.15, -0.1) is 0 Å². The van der Waals surface area contributed by atoms with Crippen molar-refractivity contribution in [1.29, 1.82) is 0 Å². The van der Waals surface area contributed by atoms with Crippen LogP contribution in [0.25, 0.3) is 33.1 Å². The van der Waals surface area contributed by atoms with E-state index in [0.29, 0.717) is 34.8 Å². The van der Waals surface area contributed by atoms with Gasteiger partial charge in [-0.3, -0.25) is 4.90 Å². The van der Waals surface area contributed by atoms with Crippen LogP contribution in [0.3, 0.4) is 0 Å². The van der Waals surface area contributed by atoms with Crippen LogP contribution in [0, 0.1) is 12.7 Å². The zero-order valence-electron chi connectivity index (χ0n) is 24.1. The van der Waals surface area contributed by atoms with Crippen molar-refractivity contribution in [3.63, 3.8) is 0 Å². The number of anilines is 3. The maximum atomic E-state index is 13.7. The Morgan fingerprint density at radius 3 is 2.40 bits per heavy atom. The lowest BCUT2D eigenvalue weighted by molar-refractivity contribution is 0.0828. The Bertz CT molecular complexity index is 1730. The molecule has 3 aromatic heterocycles. The van der Waals surface area contributed by atoms with Crippen molar-refractivity contribution in [3.05, 3.63) is 66.5 Å². The molecular weight excluding hydrogens is 529 g/mol. The fourth-order valence-electron chi connectivity index (χ4n) is 6.67. The number of hydrogen-bond acceptors (Lipinski definition) is 8. The minimum absolute atomic E-state index is 0.295. The van der Waals surface area contributed by atoms with E-state index in [4.69, 9.17) is 10.7 Å². The van der Waals surface area contributed by atoms with E-state index in [9.17, 15) is 4.39 Å². The van der Waals surface area contributed by atoms with E-state index in [1.165, 1.54) is 38.1 Å². The van der Waals surface area contributed by atoms with Crippen LogP contribution in [0.5, 0.6) is 0 Å². The Morgan fingerprint density at radius 2 is 1.64 bits per heavy atom. The highest BCUT2D eigenvalue weighted by atomic mass is 19.1. The van der Waals surface area contributed by atoms with Crippen molar-refractivity contribution in [1.82, 2.24) is 34.3 Å². The van der Waals surface area contributed by atoms with E-state index in [1.807, 2.05) is 19.1 Å². The second-order valence-electron chi connectivity index (χ2n) is 11.7. The van der Waals surface area contributed by atoms with Crippen molar-refractivity contribution in [2.45, 2.75) is 44.7 Å². The first kappa shape index (κ1) is 26.7. The number of aromatic nitrogens is 5. The van der Waals surface area contributed by atoms with Crippen LogP contribution >= 0.6 is 0 Å². The Hall–Kier alpha value is -4.15. The minimum Gasteiger partial charge on any atom is -0.383 e. The number of nitrogens with two attached hydrogens (primary N) is 1. The smallest absolute Gasteiger partial charge is 0.228 e. The fraction of sp³-hybridized carbons (Fsp3) is 0.375. The van der Waals surface area contributed by atoms with Crippen LogP contribution in [0.2, 0.25) is 0 Å². The molecule has 0 unspecified atom stereocenters. The van der Waals surface area contributed by atoms with Gasteiger partial charge >= 0.3 is 0 Å². The third kappa shape index (κ3) is 5.05. The minimum atomic E-state index is -0.295. The highest BCUT2D eigenvalue weighted by molar-refractivity contribution is 6.00. The molecule has 1 aliphatic carbocycles. The van der Waals surface area contributed by atoms with E-state index >= 15 is 0 Å². The van der Waals surface area contributed by atoms with Crippen molar-refractivity contribution in [2.75, 3.05) is 44.3 Å². The number of piperazine rings is 1. The van der Waals surface area contributed by atoms with Crippen LogP contribution in [-0.2, 0) is 0 Å². The normalized spacial score (nSPS) is 20.4. The SMILES string of the molecule is Cc1nc(Nc2ccc(-c3cn(C4CCC(N5CCN(C)CC5)CC4)c4ncnc(N)c34)cc2)nc2ccc(F)cc12. The van der Waals surface area contributed by atoms with E-state index in [1.54, 1.807) is 12.4 Å². The summed E-state index contributed by atoms with van der Waals surface area (Å²) in [5, 5.41) is 4.90. The molecule has 5 aromatic rings. The molecule has 2 aliphatic rings. The van der Waals surface area contributed by atoms with Crippen molar-refractivity contribution < 1.29 is 4.39 Å². The third-order valence-corrected chi connectivity index (χ3v) is 9.05. The zero-order valence-corrected chi connectivity index (χ0v) is 24.1. The van der Waals surface area contributed by atoms with Gasteiger partial charge in [0, 0.05) is 61.1 Å². The Kier molecular flexibility index (Phi) is 6.95. The predicted molar refractivity (Wildman–Crippen MR) is 165 cm³/mol. The number of halogens is 1. The molecule has 3 N–H and O–H groups in total. The lowest BCUT2D eigenvalue weighted by atomic mass is 9.89.